The van der Waals surface area contributed by atoms with Crippen molar-refractivity contribution in [2.45, 2.75) is 6.42 Å². The molecule has 0 atom stereocenters. The van der Waals surface area contributed by atoms with Crippen molar-refractivity contribution in [2.75, 3.05) is 0 Å². The average molecular weight is 843 g/mol. The van der Waals surface area contributed by atoms with Gasteiger partial charge in [0, 0.05) is 61.1 Å². The molecule has 308 valence electrons. The van der Waals surface area contributed by atoms with Gasteiger partial charge in [0.2, 0.25) is 0 Å². The number of para-hydroxylation sites is 2. The smallest absolute Gasteiger partial charge is 0.160 e. The molecule has 0 saturated carbocycles. The first-order valence-corrected chi connectivity index (χ1v) is 22.5. The van der Waals surface area contributed by atoms with Gasteiger partial charge in [-0.25, -0.2) is 9.98 Å². The van der Waals surface area contributed by atoms with Gasteiger partial charge in [0.25, 0.3) is 0 Å². The van der Waals surface area contributed by atoms with Gasteiger partial charge in [-0.1, -0.05) is 152 Å². The second-order valence-electron chi connectivity index (χ2n) is 17.3. The Morgan fingerprint density at radius 3 is 1.95 bits per heavy atom. The van der Waals surface area contributed by atoms with Gasteiger partial charge < -0.3 is 14.0 Å². The van der Waals surface area contributed by atoms with Gasteiger partial charge in [-0.15, -0.1) is 0 Å². The summed E-state index contributed by atoms with van der Waals surface area (Å²) in [5.74, 6) is 0.650. The first-order valence-electron chi connectivity index (χ1n) is 22.5. The molecule has 5 nitrogen and oxygen atoms in total. The third kappa shape index (κ3) is 5.66. The molecule has 0 radical (unpaired) electrons. The number of aliphatic imine (C=N–C) groups is 2. The van der Waals surface area contributed by atoms with Crippen LogP contribution in [-0.2, 0) is 0 Å². The molecule has 0 unspecified atom stereocenters. The van der Waals surface area contributed by atoms with Crippen molar-refractivity contribution in [1.82, 2.24) is 9.55 Å². The Labute approximate surface area is 378 Å². The minimum Gasteiger partial charge on any atom is -0.455 e. The van der Waals surface area contributed by atoms with Crippen LogP contribution < -0.4 is 0 Å². The quantitative estimate of drug-likeness (QED) is 0.184. The number of hydrogen-bond acceptors (Lipinski definition) is 3. The van der Waals surface area contributed by atoms with Crippen molar-refractivity contribution in [2.24, 2.45) is 9.98 Å². The summed E-state index contributed by atoms with van der Waals surface area (Å²) in [7, 11) is 0. The van der Waals surface area contributed by atoms with E-state index >= 15 is 0 Å². The summed E-state index contributed by atoms with van der Waals surface area (Å²) in [4.78, 5) is 14.8. The zero-order chi connectivity index (χ0) is 43.3. The number of rotatable bonds is 5. The van der Waals surface area contributed by atoms with Gasteiger partial charge in [0.05, 0.1) is 33.5 Å². The molecule has 10 aromatic carbocycles. The maximum absolute atomic E-state index is 7.18. The summed E-state index contributed by atoms with van der Waals surface area (Å²) in [6.45, 7) is 0. The van der Waals surface area contributed by atoms with E-state index in [-0.39, 0.29) is 0 Å². The van der Waals surface area contributed by atoms with Crippen molar-refractivity contribution in [3.05, 3.63) is 229 Å². The van der Waals surface area contributed by atoms with E-state index in [0.29, 0.717) is 12.3 Å². The molecule has 1 aliphatic heterocycles. The molecule has 13 aromatic rings. The third-order valence-corrected chi connectivity index (χ3v) is 13.5. The van der Waals surface area contributed by atoms with E-state index < -0.39 is 0 Å². The zero-order valence-corrected chi connectivity index (χ0v) is 35.7. The number of fused-ring (bicyclic) bond motifs is 11. The number of aromatic nitrogens is 2. The highest BCUT2D eigenvalue weighted by Gasteiger charge is 2.24. The lowest BCUT2D eigenvalue weighted by atomic mass is 9.98. The van der Waals surface area contributed by atoms with E-state index in [9.17, 15) is 0 Å². The summed E-state index contributed by atoms with van der Waals surface area (Å²) < 4.78 is 9.61. The van der Waals surface area contributed by atoms with Crippen LogP contribution in [0.3, 0.4) is 0 Å². The van der Waals surface area contributed by atoms with E-state index in [1.54, 1.807) is 0 Å². The molecule has 0 saturated heterocycles. The number of allylic oxidation sites excluding steroid dienone is 1. The van der Waals surface area contributed by atoms with Crippen molar-refractivity contribution < 1.29 is 4.42 Å². The Bertz CT molecular complexity index is 4250. The number of nitrogens with one attached hydrogen (secondary N) is 1. The van der Waals surface area contributed by atoms with Gasteiger partial charge in [0.15, 0.2) is 5.84 Å². The van der Waals surface area contributed by atoms with Crippen LogP contribution in [0.1, 0.15) is 23.1 Å². The van der Waals surface area contributed by atoms with Crippen LogP contribution in [0.4, 0.5) is 0 Å². The average Bonchev–Trinajstić information content (AvgIpc) is 3.98. The highest BCUT2D eigenvalue weighted by Crippen LogP contribution is 2.44. The maximum atomic E-state index is 7.18. The fraction of sp³-hybridized carbons (Fsp3) is 0.0164. The van der Waals surface area contributed by atoms with Crippen LogP contribution in [0.2, 0.25) is 0 Å². The molecule has 3 aromatic heterocycles. The monoisotopic (exact) mass is 842 g/mol. The van der Waals surface area contributed by atoms with Crippen LogP contribution in [0.5, 0.6) is 0 Å². The van der Waals surface area contributed by atoms with Crippen molar-refractivity contribution in [3.63, 3.8) is 0 Å². The van der Waals surface area contributed by atoms with Crippen LogP contribution in [0.15, 0.2) is 227 Å². The minimum atomic E-state index is 0.562. The SMILES string of the molecule is C1=C(c2ccc(-n3c4ccccc4c4cc5ccccc5cc43)c3c2oc2cc4ccccc4cc23)N=C(c2cccc(-c3ccccc3)c2)N=C(c2cccc3[nH]c4ccccc4c23)C1. The number of H-pyrrole nitrogens is 1. The molecule has 1 aliphatic rings. The van der Waals surface area contributed by atoms with Crippen molar-refractivity contribution in [3.8, 4) is 16.8 Å². The second kappa shape index (κ2) is 14.4. The van der Waals surface area contributed by atoms with Gasteiger partial charge in [-0.05, 0) is 93.3 Å². The highest BCUT2D eigenvalue weighted by atomic mass is 16.3. The molecular formula is C61H38N4O. The molecule has 0 amide bonds. The van der Waals surface area contributed by atoms with Gasteiger partial charge in [0.1, 0.15) is 11.2 Å². The Kier molecular flexibility index (Phi) is 7.98. The predicted octanol–water partition coefficient (Wildman–Crippen LogP) is 16.0. The third-order valence-electron chi connectivity index (χ3n) is 13.5. The number of nitrogens with zero attached hydrogens (tertiary/aromatic N) is 3. The topological polar surface area (TPSA) is 58.6 Å². The summed E-state index contributed by atoms with van der Waals surface area (Å²) in [5.41, 5.74) is 14.1. The molecule has 4 heterocycles. The molecular weight excluding hydrogens is 805 g/mol. The van der Waals surface area contributed by atoms with Crippen LogP contribution in [0.25, 0.3) is 110 Å². The summed E-state index contributed by atoms with van der Waals surface area (Å²) in [6.07, 6.45) is 2.80. The standard InChI is InChI=1S/C61H38N4O/c1-2-14-37(15-3-1)38-20-12-21-43(32-38)61-63-51(46-24-13-26-53-58(46)45-23-8-10-25-50(45)62-53)29-30-52(64-61)47-28-31-55(59-49-34-40-17-5-7-19-42(40)36-57(49)66-60(47)59)65-54-27-11-9-22-44(54)48-33-39-16-4-6-18-41(39)35-56(48)65/h1-28,30-36,62H,29H2. The predicted molar refractivity (Wildman–Crippen MR) is 276 cm³/mol. The number of furan rings is 1. The molecule has 0 aliphatic carbocycles. The van der Waals surface area contributed by atoms with Gasteiger partial charge in [-0.2, -0.15) is 0 Å². The highest BCUT2D eigenvalue weighted by molar-refractivity contribution is 6.25. The van der Waals surface area contributed by atoms with E-state index in [1.165, 1.54) is 26.9 Å². The fourth-order valence-corrected chi connectivity index (χ4v) is 10.5. The van der Waals surface area contributed by atoms with E-state index in [4.69, 9.17) is 14.4 Å². The van der Waals surface area contributed by atoms with Gasteiger partial charge in [-0.3, -0.25) is 0 Å². The number of aromatic amines is 1. The van der Waals surface area contributed by atoms with Crippen LogP contribution in [0, 0.1) is 0 Å². The molecule has 0 bridgehead atoms. The Hall–Kier alpha value is -8.80. The summed E-state index contributed by atoms with van der Waals surface area (Å²) in [5, 5.41) is 11.6. The second-order valence-corrected chi connectivity index (χ2v) is 17.3. The first kappa shape index (κ1) is 36.7. The fourth-order valence-electron chi connectivity index (χ4n) is 10.5. The van der Waals surface area contributed by atoms with Crippen molar-refractivity contribution >= 4 is 104 Å². The van der Waals surface area contributed by atoms with E-state index in [1.807, 2.05) is 0 Å². The lowest BCUT2D eigenvalue weighted by Crippen LogP contribution is -2.05. The maximum Gasteiger partial charge on any atom is 0.160 e. The van der Waals surface area contributed by atoms with Crippen molar-refractivity contribution in [1.29, 1.82) is 0 Å². The molecule has 0 spiro atoms. The number of amidine groups is 1. The zero-order valence-electron chi connectivity index (χ0n) is 35.7. The number of benzene rings is 10. The normalized spacial score (nSPS) is 13.4. The largest absolute Gasteiger partial charge is 0.455 e. The van der Waals surface area contributed by atoms with Crippen LogP contribution >= 0.6 is 0 Å². The molecule has 1 N–H and O–H groups in total. The summed E-state index contributed by atoms with van der Waals surface area (Å²) >= 11 is 0. The minimum absolute atomic E-state index is 0.562. The van der Waals surface area contributed by atoms with E-state index in [0.717, 1.165) is 105 Å². The first-order chi connectivity index (χ1) is 32.7. The van der Waals surface area contributed by atoms with Gasteiger partial charge >= 0.3 is 0 Å². The molecule has 66 heavy (non-hydrogen) atoms. The van der Waals surface area contributed by atoms with E-state index in [2.05, 4.69) is 222 Å². The molecule has 0 fully saturated rings. The number of hydrogen-bond donors (Lipinski definition) is 1. The molecule has 14 rings (SSSR count). The summed E-state index contributed by atoms with van der Waals surface area (Å²) in [6, 6.07) is 73.6. The Morgan fingerprint density at radius 1 is 0.439 bits per heavy atom. The lowest BCUT2D eigenvalue weighted by Gasteiger charge is -2.13. The van der Waals surface area contributed by atoms with Crippen LogP contribution in [-0.4, -0.2) is 21.1 Å². The Balaban J connectivity index is 1.04. The Morgan fingerprint density at radius 2 is 1.11 bits per heavy atom. The lowest BCUT2D eigenvalue weighted by molar-refractivity contribution is 0.668. The molecule has 5 heteroatoms.